The summed E-state index contributed by atoms with van der Waals surface area (Å²) in [4.78, 5) is 26.5. The van der Waals surface area contributed by atoms with Gasteiger partial charge in [0.2, 0.25) is 5.91 Å². The van der Waals surface area contributed by atoms with Crippen molar-refractivity contribution in [3.63, 3.8) is 0 Å². The molecular formula is C19H22N2O6. The van der Waals surface area contributed by atoms with E-state index in [0.717, 1.165) is 24.2 Å². The maximum atomic E-state index is 12.8. The number of carbonyl (C=O) groups is 2. The van der Waals surface area contributed by atoms with Gasteiger partial charge in [-0.2, -0.15) is 0 Å². The van der Waals surface area contributed by atoms with E-state index in [1.54, 1.807) is 19.2 Å². The second-order valence-electron chi connectivity index (χ2n) is 6.75. The highest BCUT2D eigenvalue weighted by Crippen LogP contribution is 2.36. The molecule has 3 aliphatic rings. The highest BCUT2D eigenvalue weighted by atomic mass is 16.6. The smallest absolute Gasteiger partial charge is 0.359 e. The first-order chi connectivity index (χ1) is 13.1. The topological polar surface area (TPSA) is 100 Å². The van der Waals surface area contributed by atoms with Crippen molar-refractivity contribution in [3.05, 3.63) is 41.3 Å². The maximum Gasteiger partial charge on any atom is 0.359 e. The second-order valence-corrected chi connectivity index (χ2v) is 6.75. The summed E-state index contributed by atoms with van der Waals surface area (Å²) < 4.78 is 22.0. The Morgan fingerprint density at radius 3 is 2.78 bits per heavy atom. The minimum Gasteiger partial charge on any atom is -0.497 e. The average Bonchev–Trinajstić information content (AvgIpc) is 3.25. The molecule has 4 rings (SSSR count). The number of hydrogen-bond acceptors (Lipinski definition) is 7. The molecule has 0 aliphatic carbocycles. The number of rotatable bonds is 5. The van der Waals surface area contributed by atoms with E-state index in [1.807, 2.05) is 12.1 Å². The third-order valence-electron chi connectivity index (χ3n) is 5.10. The summed E-state index contributed by atoms with van der Waals surface area (Å²) in [5, 5.41) is 0. The minimum absolute atomic E-state index is 0.0733. The summed E-state index contributed by atoms with van der Waals surface area (Å²) in [6.45, 7) is 0.934. The predicted molar refractivity (Wildman–Crippen MR) is 93.4 cm³/mol. The van der Waals surface area contributed by atoms with E-state index in [0.29, 0.717) is 12.4 Å². The van der Waals surface area contributed by atoms with E-state index in [4.69, 9.17) is 24.7 Å². The minimum atomic E-state index is -0.652. The molecule has 0 bridgehead atoms. The average molecular weight is 374 g/mol. The summed E-state index contributed by atoms with van der Waals surface area (Å²) in [7, 11) is 1.59. The predicted octanol–water partition coefficient (Wildman–Crippen LogP) is 0.697. The third-order valence-corrected chi connectivity index (χ3v) is 5.10. The Bertz CT molecular complexity index is 769. The number of ether oxygens (including phenoxy) is 4. The van der Waals surface area contributed by atoms with Crippen LogP contribution in [0.2, 0.25) is 0 Å². The van der Waals surface area contributed by atoms with Crippen LogP contribution >= 0.6 is 0 Å². The van der Waals surface area contributed by atoms with Crippen molar-refractivity contribution < 1.29 is 28.5 Å². The molecule has 8 heteroatoms. The lowest BCUT2D eigenvalue weighted by atomic mass is 9.93. The molecule has 3 aliphatic heterocycles. The van der Waals surface area contributed by atoms with Crippen LogP contribution in [0.5, 0.6) is 5.75 Å². The fourth-order valence-corrected chi connectivity index (χ4v) is 3.55. The quantitative estimate of drug-likeness (QED) is 0.598. The lowest BCUT2D eigenvalue weighted by molar-refractivity contribution is -0.161. The number of carbonyl (C=O) groups excluding carboxylic acids is 2. The number of β-lactam (4-membered cyclic amide) rings is 1. The van der Waals surface area contributed by atoms with Crippen molar-refractivity contribution in [2.24, 2.45) is 5.73 Å². The number of hydrogen-bond donors (Lipinski definition) is 1. The number of esters is 1. The summed E-state index contributed by atoms with van der Waals surface area (Å²) in [5.74, 6) is 0.192. The first-order valence-electron chi connectivity index (χ1n) is 8.97. The van der Waals surface area contributed by atoms with Gasteiger partial charge in [-0.15, -0.1) is 0 Å². The Labute approximate surface area is 156 Å². The summed E-state index contributed by atoms with van der Waals surface area (Å²) in [6.07, 6.45) is 1.28. The molecule has 0 spiro atoms. The Balaban J connectivity index is 1.54. The maximum absolute atomic E-state index is 12.8. The van der Waals surface area contributed by atoms with Crippen LogP contribution in [0.25, 0.3) is 0 Å². The van der Waals surface area contributed by atoms with E-state index in [2.05, 4.69) is 0 Å². The lowest BCUT2D eigenvalue weighted by Gasteiger charge is -2.48. The van der Waals surface area contributed by atoms with Crippen LogP contribution in [0.3, 0.4) is 0 Å². The van der Waals surface area contributed by atoms with Crippen molar-refractivity contribution >= 4 is 11.9 Å². The zero-order valence-corrected chi connectivity index (χ0v) is 15.1. The van der Waals surface area contributed by atoms with Gasteiger partial charge in [-0.1, -0.05) is 12.1 Å². The molecule has 144 valence electrons. The fraction of sp³-hybridized carbons (Fsp3) is 0.474. The molecule has 2 saturated heterocycles. The number of methoxy groups -OCH3 is 1. The molecule has 1 unspecified atom stereocenters. The van der Waals surface area contributed by atoms with Gasteiger partial charge in [-0.3, -0.25) is 9.69 Å². The van der Waals surface area contributed by atoms with E-state index < -0.39 is 12.0 Å². The monoisotopic (exact) mass is 374 g/mol. The molecule has 0 saturated carbocycles. The second kappa shape index (κ2) is 7.21. The van der Waals surface area contributed by atoms with Crippen LogP contribution in [0, 0.1) is 0 Å². The summed E-state index contributed by atoms with van der Waals surface area (Å²) in [6, 6.07) is 6.21. The Morgan fingerprint density at radius 2 is 2.11 bits per heavy atom. The molecular weight excluding hydrogens is 352 g/mol. The fourth-order valence-electron chi connectivity index (χ4n) is 3.55. The number of fused-ring (bicyclic) bond motifs is 1. The largest absolute Gasteiger partial charge is 0.497 e. The van der Waals surface area contributed by atoms with Crippen LogP contribution in [-0.4, -0.2) is 55.3 Å². The molecule has 1 aromatic rings. The molecule has 1 amide bonds. The lowest BCUT2D eigenvalue weighted by Crippen LogP contribution is -2.71. The number of nitrogens with zero attached hydrogens (tertiary/aromatic N) is 1. The van der Waals surface area contributed by atoms with Crippen molar-refractivity contribution in [2.45, 2.75) is 37.6 Å². The van der Waals surface area contributed by atoms with Gasteiger partial charge in [0, 0.05) is 6.61 Å². The molecule has 2 N–H and O–H groups in total. The third kappa shape index (κ3) is 3.15. The zero-order valence-electron chi connectivity index (χ0n) is 15.1. The van der Waals surface area contributed by atoms with Crippen LogP contribution < -0.4 is 10.5 Å². The van der Waals surface area contributed by atoms with E-state index in [1.165, 1.54) is 4.90 Å². The number of nitrogens with two attached hydrogens (primary N) is 1. The summed E-state index contributed by atoms with van der Waals surface area (Å²) in [5.41, 5.74) is 6.77. The van der Waals surface area contributed by atoms with Gasteiger partial charge in [0.25, 0.3) is 0 Å². The molecule has 1 aromatic carbocycles. The Kier molecular flexibility index (Phi) is 4.75. The van der Waals surface area contributed by atoms with Gasteiger partial charge in [0.05, 0.1) is 13.2 Å². The molecule has 3 atom stereocenters. The first-order valence-corrected chi connectivity index (χ1v) is 8.97. The van der Waals surface area contributed by atoms with Gasteiger partial charge in [0.1, 0.15) is 31.1 Å². The van der Waals surface area contributed by atoms with Gasteiger partial charge in [0.15, 0.2) is 11.5 Å². The Morgan fingerprint density at radius 1 is 1.33 bits per heavy atom. The standard InChI is InChI=1S/C19H22N2O6/c1-24-12-6-4-11(5-7-12)9-27-19(23)16-17(14-3-2-8-25-14)26-10-13-15(20)18(22)21(13)16/h4-7,13-15H,2-3,8-10,20H2,1H3/t13-,14?,15+/m1/s1. The van der Waals surface area contributed by atoms with Crippen LogP contribution in [-0.2, 0) is 30.4 Å². The zero-order chi connectivity index (χ0) is 19.0. The Hall–Kier alpha value is -2.58. The van der Waals surface area contributed by atoms with E-state index in [9.17, 15) is 9.59 Å². The van der Waals surface area contributed by atoms with Crippen LogP contribution in [0.15, 0.2) is 35.7 Å². The molecule has 2 fully saturated rings. The van der Waals surface area contributed by atoms with Crippen LogP contribution in [0.4, 0.5) is 0 Å². The SMILES string of the molecule is COc1ccc(COC(=O)C2=C(C3CCCO3)OC[C@@H]3[C@H](N)C(=O)N23)cc1. The molecule has 8 nitrogen and oxygen atoms in total. The van der Waals surface area contributed by atoms with E-state index in [-0.39, 0.29) is 37.0 Å². The van der Waals surface area contributed by atoms with Crippen molar-refractivity contribution in [1.29, 1.82) is 0 Å². The number of benzene rings is 1. The van der Waals surface area contributed by atoms with Gasteiger partial charge < -0.3 is 24.7 Å². The molecule has 27 heavy (non-hydrogen) atoms. The molecule has 3 heterocycles. The molecule has 0 aromatic heterocycles. The van der Waals surface area contributed by atoms with Crippen molar-refractivity contribution in [2.75, 3.05) is 20.3 Å². The molecule has 0 radical (unpaired) electrons. The summed E-state index contributed by atoms with van der Waals surface area (Å²) >= 11 is 0. The van der Waals surface area contributed by atoms with Gasteiger partial charge in [-0.05, 0) is 30.5 Å². The van der Waals surface area contributed by atoms with E-state index >= 15 is 0 Å². The van der Waals surface area contributed by atoms with Gasteiger partial charge in [-0.25, -0.2) is 4.79 Å². The van der Waals surface area contributed by atoms with Crippen LogP contribution in [0.1, 0.15) is 18.4 Å². The van der Waals surface area contributed by atoms with Crippen molar-refractivity contribution in [3.8, 4) is 5.75 Å². The number of amides is 1. The highest BCUT2D eigenvalue weighted by Gasteiger charge is 2.53. The first kappa shape index (κ1) is 17.8. The highest BCUT2D eigenvalue weighted by molar-refractivity contribution is 6.00. The van der Waals surface area contributed by atoms with Gasteiger partial charge >= 0.3 is 5.97 Å². The normalized spacial score (nSPS) is 27.0. The van der Waals surface area contributed by atoms with Crippen molar-refractivity contribution in [1.82, 2.24) is 4.90 Å².